The molecule has 1 aliphatic carbocycles. The van der Waals surface area contributed by atoms with Crippen molar-refractivity contribution in [2.24, 2.45) is 5.10 Å². The van der Waals surface area contributed by atoms with Crippen LogP contribution in [0.3, 0.4) is 0 Å². The zero-order valence-electron chi connectivity index (χ0n) is 13.6. The van der Waals surface area contributed by atoms with Crippen molar-refractivity contribution < 1.29 is 4.79 Å². The van der Waals surface area contributed by atoms with E-state index in [1.165, 1.54) is 0 Å². The number of hydrazone groups is 1. The van der Waals surface area contributed by atoms with Crippen LogP contribution in [0.15, 0.2) is 48.1 Å². The number of anilines is 1. The van der Waals surface area contributed by atoms with Gasteiger partial charge in [-0.2, -0.15) is 15.5 Å². The summed E-state index contributed by atoms with van der Waals surface area (Å²) in [6, 6.07) is 6.04. The highest BCUT2D eigenvalue weighted by molar-refractivity contribution is 5.94. The number of hydrogen-bond donors (Lipinski definition) is 1. The third-order valence-corrected chi connectivity index (χ3v) is 4.50. The maximum Gasteiger partial charge on any atom is 0.274 e. The zero-order valence-corrected chi connectivity index (χ0v) is 13.6. The summed E-state index contributed by atoms with van der Waals surface area (Å²) in [6.07, 6.45) is 8.48. The molecule has 25 heavy (non-hydrogen) atoms. The average molecular weight is 335 g/mol. The summed E-state index contributed by atoms with van der Waals surface area (Å²) in [4.78, 5) is 20.2. The van der Waals surface area contributed by atoms with E-state index in [-0.39, 0.29) is 5.91 Å². The van der Waals surface area contributed by atoms with Crippen molar-refractivity contribution in [3.8, 4) is 6.07 Å². The topological polar surface area (TPSA) is 87.9 Å². The molecule has 1 aromatic heterocycles. The molecule has 0 radical (unpaired) electrons. The number of pyridine rings is 1. The monoisotopic (exact) mass is 335 g/mol. The SMILES string of the molecule is C=C1C(=O)N(Cc2ccc(N3N=CCN3)nc2)C=CN1C1(C#N)CC1. The van der Waals surface area contributed by atoms with Crippen LogP contribution in [0.4, 0.5) is 5.82 Å². The van der Waals surface area contributed by atoms with Crippen molar-refractivity contribution in [2.75, 3.05) is 11.7 Å². The van der Waals surface area contributed by atoms with Gasteiger partial charge in [-0.1, -0.05) is 12.6 Å². The summed E-state index contributed by atoms with van der Waals surface area (Å²) < 4.78 is 0. The minimum atomic E-state index is -0.582. The first kappa shape index (κ1) is 15.4. The molecule has 4 rings (SSSR count). The van der Waals surface area contributed by atoms with Crippen molar-refractivity contribution >= 4 is 17.9 Å². The van der Waals surface area contributed by atoms with Crippen LogP contribution >= 0.6 is 0 Å². The Morgan fingerprint density at radius 3 is 2.80 bits per heavy atom. The lowest BCUT2D eigenvalue weighted by atomic mass is 10.2. The number of rotatable bonds is 4. The first-order valence-electron chi connectivity index (χ1n) is 8.03. The van der Waals surface area contributed by atoms with E-state index >= 15 is 0 Å². The number of carbonyl (C=O) groups is 1. The smallest absolute Gasteiger partial charge is 0.274 e. The Morgan fingerprint density at radius 2 is 2.20 bits per heavy atom. The first-order chi connectivity index (χ1) is 12.1. The van der Waals surface area contributed by atoms with Crippen molar-refractivity contribution in [3.05, 3.63) is 48.6 Å². The van der Waals surface area contributed by atoms with E-state index in [9.17, 15) is 10.1 Å². The fourth-order valence-electron chi connectivity index (χ4n) is 2.89. The number of aromatic nitrogens is 1. The van der Waals surface area contributed by atoms with Crippen LogP contribution < -0.4 is 10.5 Å². The van der Waals surface area contributed by atoms with Gasteiger partial charge in [-0.05, 0) is 24.5 Å². The van der Waals surface area contributed by atoms with Crippen molar-refractivity contribution in [1.82, 2.24) is 20.2 Å². The van der Waals surface area contributed by atoms with Crippen LogP contribution in [0.1, 0.15) is 18.4 Å². The van der Waals surface area contributed by atoms with E-state index in [0.717, 1.165) is 18.4 Å². The van der Waals surface area contributed by atoms with Gasteiger partial charge in [-0.15, -0.1) is 0 Å². The minimum Gasteiger partial charge on any atom is -0.323 e. The van der Waals surface area contributed by atoms with Gasteiger partial charge in [0.05, 0.1) is 19.2 Å². The highest BCUT2D eigenvalue weighted by atomic mass is 16.2. The molecule has 1 N–H and O–H groups in total. The lowest BCUT2D eigenvalue weighted by Gasteiger charge is -2.34. The Morgan fingerprint density at radius 1 is 1.36 bits per heavy atom. The first-order valence-corrected chi connectivity index (χ1v) is 8.03. The number of nitrogens with one attached hydrogen (secondary N) is 1. The molecule has 1 amide bonds. The summed E-state index contributed by atoms with van der Waals surface area (Å²) in [5.41, 5.74) is 3.70. The van der Waals surface area contributed by atoms with E-state index in [2.05, 4.69) is 28.2 Å². The molecular formula is C17H17N7O. The Bertz CT molecular complexity index is 816. The predicted molar refractivity (Wildman–Crippen MR) is 91.5 cm³/mol. The molecule has 0 aromatic carbocycles. The fourth-order valence-corrected chi connectivity index (χ4v) is 2.89. The lowest BCUT2D eigenvalue weighted by molar-refractivity contribution is -0.127. The second-order valence-electron chi connectivity index (χ2n) is 6.19. The molecule has 0 atom stereocenters. The molecule has 126 valence electrons. The normalized spacial score (nSPS) is 21.0. The standard InChI is InChI=1S/C17H17N7O/c1-13-16(25)22(8-9-23(13)17(12-18)4-5-17)11-14-2-3-15(19-10-14)24-20-6-7-21-24/h2-3,6,8-10,21H,1,4-5,7,11H2. The second-order valence-corrected chi connectivity index (χ2v) is 6.19. The fraction of sp³-hybridized carbons (Fsp3) is 0.294. The van der Waals surface area contributed by atoms with Gasteiger partial charge < -0.3 is 9.80 Å². The molecule has 0 unspecified atom stereocenters. The van der Waals surface area contributed by atoms with Crippen molar-refractivity contribution in [2.45, 2.75) is 24.9 Å². The molecule has 8 nitrogen and oxygen atoms in total. The van der Waals surface area contributed by atoms with E-state index < -0.39 is 5.54 Å². The van der Waals surface area contributed by atoms with Gasteiger partial charge in [-0.3, -0.25) is 4.79 Å². The van der Waals surface area contributed by atoms with Gasteiger partial charge in [0.2, 0.25) is 0 Å². The molecule has 8 heteroatoms. The summed E-state index contributed by atoms with van der Waals surface area (Å²) >= 11 is 0. The number of hydrazine groups is 1. The minimum absolute atomic E-state index is 0.195. The zero-order chi connectivity index (χ0) is 17.4. The Balaban J connectivity index is 1.47. The summed E-state index contributed by atoms with van der Waals surface area (Å²) in [7, 11) is 0. The second kappa shape index (κ2) is 5.72. The maximum atomic E-state index is 12.6. The predicted octanol–water partition coefficient (Wildman–Crippen LogP) is 1.08. The molecule has 1 fully saturated rings. The van der Waals surface area contributed by atoms with E-state index in [1.807, 2.05) is 12.1 Å². The molecule has 1 aromatic rings. The van der Waals surface area contributed by atoms with Gasteiger partial charge >= 0.3 is 0 Å². The quantitative estimate of drug-likeness (QED) is 0.829. The third-order valence-electron chi connectivity index (χ3n) is 4.50. The number of nitriles is 1. The molecule has 3 aliphatic rings. The van der Waals surface area contributed by atoms with Gasteiger partial charge in [-0.25, -0.2) is 10.4 Å². The Hall–Kier alpha value is -3.18. The van der Waals surface area contributed by atoms with Crippen LogP contribution in [0.25, 0.3) is 0 Å². The maximum absolute atomic E-state index is 12.6. The van der Waals surface area contributed by atoms with E-state index in [0.29, 0.717) is 24.6 Å². The molecule has 0 bridgehead atoms. The van der Waals surface area contributed by atoms with Gasteiger partial charge in [0.25, 0.3) is 5.91 Å². The van der Waals surface area contributed by atoms with E-state index in [4.69, 9.17) is 0 Å². The van der Waals surface area contributed by atoms with Gasteiger partial charge in [0.1, 0.15) is 11.2 Å². The Kier molecular flexibility index (Phi) is 3.51. The van der Waals surface area contributed by atoms with Crippen molar-refractivity contribution in [1.29, 1.82) is 5.26 Å². The average Bonchev–Trinajstić information content (AvgIpc) is 3.23. The lowest BCUT2D eigenvalue weighted by Crippen LogP contribution is -2.42. The number of nitrogens with zero attached hydrogens (tertiary/aromatic N) is 6. The van der Waals surface area contributed by atoms with Crippen LogP contribution in [0.5, 0.6) is 0 Å². The Labute approximate surface area is 145 Å². The van der Waals surface area contributed by atoms with E-state index in [1.54, 1.807) is 39.7 Å². The summed E-state index contributed by atoms with van der Waals surface area (Å²) in [5.74, 6) is 0.497. The highest BCUT2D eigenvalue weighted by Gasteiger charge is 2.50. The van der Waals surface area contributed by atoms with Gasteiger partial charge in [0, 0.05) is 24.8 Å². The van der Waals surface area contributed by atoms with Crippen LogP contribution in [0, 0.1) is 11.3 Å². The molecular weight excluding hydrogens is 318 g/mol. The number of hydrogen-bond acceptors (Lipinski definition) is 7. The van der Waals surface area contributed by atoms with Crippen LogP contribution in [0.2, 0.25) is 0 Å². The number of amides is 1. The largest absolute Gasteiger partial charge is 0.323 e. The molecule has 0 saturated heterocycles. The summed E-state index contributed by atoms with van der Waals surface area (Å²) in [6.45, 7) is 4.95. The molecule has 0 spiro atoms. The number of carbonyl (C=O) groups excluding carboxylic acids is 1. The summed E-state index contributed by atoms with van der Waals surface area (Å²) in [5, 5.41) is 15.0. The highest BCUT2D eigenvalue weighted by Crippen LogP contribution is 2.44. The third kappa shape index (κ3) is 2.64. The van der Waals surface area contributed by atoms with Crippen molar-refractivity contribution in [3.63, 3.8) is 0 Å². The van der Waals surface area contributed by atoms with Crippen LogP contribution in [-0.4, -0.2) is 39.0 Å². The molecule has 3 heterocycles. The van der Waals surface area contributed by atoms with Gasteiger partial charge in [0.15, 0.2) is 5.82 Å². The van der Waals surface area contributed by atoms with Crippen LogP contribution in [-0.2, 0) is 11.3 Å². The molecule has 2 aliphatic heterocycles. The molecule has 1 saturated carbocycles.